The highest BCUT2D eigenvalue weighted by molar-refractivity contribution is 7.13. The lowest BCUT2D eigenvalue weighted by molar-refractivity contribution is -0.0487. The van der Waals surface area contributed by atoms with E-state index in [1.807, 2.05) is 6.07 Å². The van der Waals surface area contributed by atoms with Gasteiger partial charge in [0.1, 0.15) is 11.8 Å². The Labute approximate surface area is 93.9 Å². The molecule has 0 radical (unpaired) electrons. The summed E-state index contributed by atoms with van der Waals surface area (Å²) >= 11 is 0. The largest absolute Gasteiger partial charge is 0.351 e. The van der Waals surface area contributed by atoms with Gasteiger partial charge in [-0.1, -0.05) is 39.7 Å². The number of benzene rings is 1. The van der Waals surface area contributed by atoms with Gasteiger partial charge in [-0.05, 0) is 26.3 Å². The van der Waals surface area contributed by atoms with E-state index in [9.17, 15) is 0 Å². The minimum Gasteiger partial charge on any atom is -0.351 e. The quantitative estimate of drug-likeness (QED) is 0.679. The van der Waals surface area contributed by atoms with Crippen LogP contribution in [0.5, 0.6) is 0 Å². The molecule has 3 heteroatoms. The van der Waals surface area contributed by atoms with Crippen molar-refractivity contribution in [3.63, 3.8) is 0 Å². The summed E-state index contributed by atoms with van der Waals surface area (Å²) in [6.45, 7) is 6.39. The summed E-state index contributed by atoms with van der Waals surface area (Å²) in [5.74, 6) is 0. The monoisotopic (exact) mass is 223 g/mol. The molecule has 2 nitrogen and oxygen atoms in total. The van der Waals surface area contributed by atoms with Gasteiger partial charge in [-0.25, -0.2) is 0 Å². The van der Waals surface area contributed by atoms with Crippen LogP contribution < -0.4 is 0 Å². The van der Waals surface area contributed by atoms with Gasteiger partial charge in [0.2, 0.25) is 0 Å². The molecule has 1 saturated heterocycles. The first-order chi connectivity index (χ1) is 7.02. The van der Waals surface area contributed by atoms with E-state index in [2.05, 4.69) is 59.1 Å². The zero-order valence-corrected chi connectivity index (χ0v) is 10.6. The standard InChI is InChI=1S/C12H18NOP/c1-9-11(10-7-5-4-6-8-10)14-12(2,3)13(9)15/h4-9,11H,15H2,1-3H3/t9-,11+/m1/s1. The smallest absolute Gasteiger partial charge is 0.120 e. The lowest BCUT2D eigenvalue weighted by Gasteiger charge is -2.27. The Kier molecular flexibility index (Phi) is 2.85. The Balaban J connectivity index is 2.27. The molecular formula is C12H18NOP. The summed E-state index contributed by atoms with van der Waals surface area (Å²) in [6.07, 6.45) is 0.165. The summed E-state index contributed by atoms with van der Waals surface area (Å²) < 4.78 is 8.26. The van der Waals surface area contributed by atoms with E-state index in [1.54, 1.807) is 0 Å². The van der Waals surface area contributed by atoms with Crippen molar-refractivity contribution in [1.82, 2.24) is 4.67 Å². The van der Waals surface area contributed by atoms with Gasteiger partial charge in [-0.2, -0.15) is 0 Å². The Bertz CT molecular complexity index is 339. The fraction of sp³-hybridized carbons (Fsp3) is 0.500. The second kappa shape index (κ2) is 3.86. The third kappa shape index (κ3) is 1.94. The topological polar surface area (TPSA) is 12.5 Å². The molecule has 82 valence electrons. The summed E-state index contributed by atoms with van der Waals surface area (Å²) in [5.41, 5.74) is 1.05. The van der Waals surface area contributed by atoms with E-state index < -0.39 is 0 Å². The van der Waals surface area contributed by atoms with Crippen molar-refractivity contribution in [2.45, 2.75) is 38.6 Å². The number of rotatable bonds is 1. The molecule has 0 amide bonds. The van der Waals surface area contributed by atoms with E-state index in [0.717, 1.165) is 0 Å². The predicted octanol–water partition coefficient (Wildman–Crippen LogP) is 2.97. The van der Waals surface area contributed by atoms with Crippen LogP contribution in [0.3, 0.4) is 0 Å². The van der Waals surface area contributed by atoms with Crippen molar-refractivity contribution in [2.75, 3.05) is 0 Å². The zero-order valence-electron chi connectivity index (χ0n) is 9.47. The molecule has 1 heterocycles. The van der Waals surface area contributed by atoms with E-state index >= 15 is 0 Å². The first-order valence-corrected chi connectivity index (χ1v) is 5.81. The maximum atomic E-state index is 6.06. The molecule has 1 unspecified atom stereocenters. The average molecular weight is 223 g/mol. The molecule has 1 aliphatic rings. The van der Waals surface area contributed by atoms with Gasteiger partial charge in [-0.15, -0.1) is 0 Å². The molecule has 0 bridgehead atoms. The van der Waals surface area contributed by atoms with Gasteiger partial charge in [0.25, 0.3) is 0 Å². The van der Waals surface area contributed by atoms with Crippen molar-refractivity contribution >= 4 is 9.39 Å². The first-order valence-electron chi connectivity index (χ1n) is 5.29. The van der Waals surface area contributed by atoms with E-state index in [4.69, 9.17) is 4.74 Å². The predicted molar refractivity (Wildman–Crippen MR) is 65.4 cm³/mol. The van der Waals surface area contributed by atoms with E-state index in [0.29, 0.717) is 6.04 Å². The second-order valence-corrected chi connectivity index (χ2v) is 5.10. The number of ether oxygens (including phenoxy) is 1. The molecule has 0 aromatic heterocycles. The van der Waals surface area contributed by atoms with Crippen LogP contribution in [0.4, 0.5) is 0 Å². The van der Waals surface area contributed by atoms with Crippen LogP contribution >= 0.6 is 9.39 Å². The molecule has 2 rings (SSSR count). The maximum absolute atomic E-state index is 6.06. The minimum atomic E-state index is -0.204. The van der Waals surface area contributed by atoms with Crippen LogP contribution in [0.2, 0.25) is 0 Å². The first kappa shape index (κ1) is 11.1. The van der Waals surface area contributed by atoms with Gasteiger partial charge in [0.05, 0.1) is 0 Å². The van der Waals surface area contributed by atoms with Gasteiger partial charge >= 0.3 is 0 Å². The molecule has 1 aromatic rings. The summed E-state index contributed by atoms with van der Waals surface area (Å²) in [4.78, 5) is 0. The van der Waals surface area contributed by atoms with Crippen molar-refractivity contribution in [2.24, 2.45) is 0 Å². The van der Waals surface area contributed by atoms with Crippen LogP contribution in [-0.2, 0) is 4.74 Å². The summed E-state index contributed by atoms with van der Waals surface area (Å²) in [6, 6.07) is 10.8. The van der Waals surface area contributed by atoms with Crippen LogP contribution in [-0.4, -0.2) is 16.4 Å². The molecule has 0 N–H and O–H groups in total. The fourth-order valence-electron chi connectivity index (χ4n) is 2.10. The van der Waals surface area contributed by atoms with Crippen molar-refractivity contribution < 1.29 is 4.74 Å². The molecule has 0 spiro atoms. The van der Waals surface area contributed by atoms with Gasteiger partial charge in [-0.3, -0.25) is 4.67 Å². The highest BCUT2D eigenvalue weighted by Crippen LogP contribution is 2.42. The zero-order chi connectivity index (χ0) is 11.1. The van der Waals surface area contributed by atoms with E-state index in [1.165, 1.54) is 5.56 Å². The molecule has 1 fully saturated rings. The number of hydrogen-bond acceptors (Lipinski definition) is 2. The maximum Gasteiger partial charge on any atom is 0.120 e. The molecule has 1 aliphatic heterocycles. The lowest BCUT2D eigenvalue weighted by atomic mass is 10.0. The number of nitrogens with zero attached hydrogens (tertiary/aromatic N) is 1. The fourth-order valence-corrected chi connectivity index (χ4v) is 2.31. The Morgan fingerprint density at radius 1 is 1.27 bits per heavy atom. The van der Waals surface area contributed by atoms with Crippen LogP contribution in [0.15, 0.2) is 30.3 Å². The van der Waals surface area contributed by atoms with Crippen LogP contribution in [0, 0.1) is 0 Å². The van der Waals surface area contributed by atoms with Gasteiger partial charge in [0, 0.05) is 6.04 Å². The van der Waals surface area contributed by atoms with Gasteiger partial charge in [0.15, 0.2) is 0 Å². The van der Waals surface area contributed by atoms with Crippen molar-refractivity contribution in [3.05, 3.63) is 35.9 Å². The summed E-state index contributed by atoms with van der Waals surface area (Å²) in [5, 5.41) is 0. The summed E-state index contributed by atoms with van der Waals surface area (Å²) in [7, 11) is 2.76. The molecule has 0 saturated carbocycles. The molecule has 0 aliphatic carbocycles. The highest BCUT2D eigenvalue weighted by atomic mass is 31.0. The van der Waals surface area contributed by atoms with Crippen LogP contribution in [0.25, 0.3) is 0 Å². The molecule has 1 aromatic carbocycles. The third-order valence-electron chi connectivity index (χ3n) is 3.04. The van der Waals surface area contributed by atoms with Gasteiger partial charge < -0.3 is 4.74 Å². The Morgan fingerprint density at radius 2 is 1.87 bits per heavy atom. The number of hydrogen-bond donors (Lipinski definition) is 0. The Hall–Kier alpha value is -0.430. The molecule has 3 atom stereocenters. The van der Waals surface area contributed by atoms with Crippen molar-refractivity contribution in [3.8, 4) is 0 Å². The van der Waals surface area contributed by atoms with E-state index in [-0.39, 0.29) is 11.8 Å². The normalized spacial score (nSPS) is 30.7. The van der Waals surface area contributed by atoms with Crippen LogP contribution in [0.1, 0.15) is 32.4 Å². The lowest BCUT2D eigenvalue weighted by Crippen LogP contribution is -2.34. The highest BCUT2D eigenvalue weighted by Gasteiger charge is 2.43. The minimum absolute atomic E-state index is 0.165. The van der Waals surface area contributed by atoms with Crippen molar-refractivity contribution in [1.29, 1.82) is 0 Å². The Morgan fingerprint density at radius 3 is 2.33 bits per heavy atom. The average Bonchev–Trinajstić information content (AvgIpc) is 2.44. The third-order valence-corrected chi connectivity index (χ3v) is 4.13. The SMILES string of the molecule is C[C@@H]1[C@@H](c2ccccc2)OC(C)(C)N1P. The molecular weight excluding hydrogens is 205 g/mol. The second-order valence-electron chi connectivity index (χ2n) is 4.54. The molecule has 15 heavy (non-hydrogen) atoms.